The third-order valence-electron chi connectivity index (χ3n) is 1.85. The Bertz CT molecular complexity index is 408. The molecule has 2 nitrogen and oxygen atoms in total. The van der Waals surface area contributed by atoms with E-state index in [0.29, 0.717) is 0 Å². The van der Waals surface area contributed by atoms with Crippen molar-refractivity contribution in [3.8, 4) is 5.75 Å². The Balaban J connectivity index is 3.16. The molecular formula is C10H8Cl2F2O2. The summed E-state index contributed by atoms with van der Waals surface area (Å²) in [5.41, 5.74) is 0.0901. The normalized spacial score (nSPS) is 10.6. The lowest BCUT2D eigenvalue weighted by Crippen LogP contribution is -2.04. The van der Waals surface area contributed by atoms with Crippen molar-refractivity contribution in [2.75, 3.05) is 0 Å². The first-order valence-corrected chi connectivity index (χ1v) is 5.18. The quantitative estimate of drug-likeness (QED) is 0.766. The van der Waals surface area contributed by atoms with Crippen molar-refractivity contribution in [3.05, 3.63) is 27.7 Å². The fraction of sp³-hybridized carbons (Fsp3) is 0.300. The molecule has 88 valence electrons. The van der Waals surface area contributed by atoms with Gasteiger partial charge in [0.05, 0.1) is 10.0 Å². The Morgan fingerprint density at radius 1 is 1.44 bits per heavy atom. The van der Waals surface area contributed by atoms with Crippen LogP contribution >= 0.6 is 23.2 Å². The van der Waals surface area contributed by atoms with E-state index in [1.807, 2.05) is 0 Å². The summed E-state index contributed by atoms with van der Waals surface area (Å²) in [5.74, 6) is -0.465. The molecule has 0 fully saturated rings. The molecule has 6 heteroatoms. The summed E-state index contributed by atoms with van der Waals surface area (Å²) in [7, 11) is 0. The number of halogens is 4. The fourth-order valence-electron chi connectivity index (χ4n) is 1.13. The standard InChI is InChI=1S/C10H8Cl2F2O2/c1-2-8(15)6-3-5(16-10(13)14)4-7(11)9(6)12/h3-4,10H,2H2,1H3. The van der Waals surface area contributed by atoms with Crippen molar-refractivity contribution in [1.29, 1.82) is 0 Å². The predicted molar refractivity (Wildman–Crippen MR) is 57.7 cm³/mol. The molecule has 0 heterocycles. The highest BCUT2D eigenvalue weighted by Gasteiger charge is 2.15. The van der Waals surface area contributed by atoms with Gasteiger partial charge in [-0.3, -0.25) is 4.79 Å². The highest BCUT2D eigenvalue weighted by Crippen LogP contribution is 2.32. The van der Waals surface area contributed by atoms with Crippen molar-refractivity contribution in [3.63, 3.8) is 0 Å². The lowest BCUT2D eigenvalue weighted by atomic mass is 10.1. The number of rotatable bonds is 4. The van der Waals surface area contributed by atoms with E-state index in [-0.39, 0.29) is 33.6 Å². The summed E-state index contributed by atoms with van der Waals surface area (Å²) in [6.07, 6.45) is 0.203. The van der Waals surface area contributed by atoms with Crippen LogP contribution in [0.3, 0.4) is 0 Å². The number of hydrogen-bond donors (Lipinski definition) is 0. The number of Topliss-reactive ketones (excluding diaryl/α,β-unsaturated/α-hetero) is 1. The number of carbonyl (C=O) groups is 1. The Hall–Kier alpha value is -0.870. The van der Waals surface area contributed by atoms with E-state index in [0.717, 1.165) is 12.1 Å². The zero-order valence-corrected chi connectivity index (χ0v) is 9.78. The van der Waals surface area contributed by atoms with Crippen LogP contribution in [0.2, 0.25) is 10.0 Å². The smallest absolute Gasteiger partial charge is 0.387 e. The van der Waals surface area contributed by atoms with Gasteiger partial charge in [-0.1, -0.05) is 30.1 Å². The van der Waals surface area contributed by atoms with Gasteiger partial charge in [0.15, 0.2) is 5.78 Å². The third kappa shape index (κ3) is 3.06. The maximum atomic E-state index is 12.0. The molecule has 1 rings (SSSR count). The molecule has 0 spiro atoms. The summed E-state index contributed by atoms with van der Waals surface area (Å²) in [6, 6.07) is 2.30. The molecule has 0 aliphatic carbocycles. The topological polar surface area (TPSA) is 26.3 Å². The Morgan fingerprint density at radius 2 is 2.06 bits per heavy atom. The van der Waals surface area contributed by atoms with E-state index >= 15 is 0 Å². The van der Waals surface area contributed by atoms with Crippen molar-refractivity contribution in [1.82, 2.24) is 0 Å². The number of benzene rings is 1. The van der Waals surface area contributed by atoms with Gasteiger partial charge in [0.25, 0.3) is 0 Å². The molecule has 0 aliphatic rings. The summed E-state index contributed by atoms with van der Waals surface area (Å²) < 4.78 is 28.1. The molecular weight excluding hydrogens is 261 g/mol. The molecule has 0 unspecified atom stereocenters. The minimum atomic E-state index is -2.97. The molecule has 16 heavy (non-hydrogen) atoms. The van der Waals surface area contributed by atoms with E-state index in [4.69, 9.17) is 23.2 Å². The largest absolute Gasteiger partial charge is 0.435 e. The third-order valence-corrected chi connectivity index (χ3v) is 2.65. The second kappa shape index (κ2) is 5.46. The molecule has 0 saturated heterocycles. The molecule has 0 atom stereocenters. The molecule has 1 aromatic carbocycles. The van der Waals surface area contributed by atoms with Crippen LogP contribution in [0.1, 0.15) is 23.7 Å². The lowest BCUT2D eigenvalue weighted by molar-refractivity contribution is -0.0498. The van der Waals surface area contributed by atoms with Gasteiger partial charge in [-0.05, 0) is 6.07 Å². The first kappa shape index (κ1) is 13.2. The molecule has 1 aromatic rings. The van der Waals surface area contributed by atoms with Gasteiger partial charge in [0, 0.05) is 18.1 Å². The SMILES string of the molecule is CCC(=O)c1cc(OC(F)F)cc(Cl)c1Cl. The zero-order chi connectivity index (χ0) is 12.3. The van der Waals surface area contributed by atoms with Crippen molar-refractivity contribution >= 4 is 29.0 Å². The Labute approximate surface area is 101 Å². The van der Waals surface area contributed by atoms with Crippen molar-refractivity contribution in [2.45, 2.75) is 20.0 Å². The maximum Gasteiger partial charge on any atom is 0.387 e. The molecule has 0 saturated carbocycles. The van der Waals surface area contributed by atoms with Gasteiger partial charge in [0.2, 0.25) is 0 Å². The summed E-state index contributed by atoms with van der Waals surface area (Å²) in [6.45, 7) is -1.34. The molecule has 0 radical (unpaired) electrons. The van der Waals surface area contributed by atoms with Crippen LogP contribution < -0.4 is 4.74 Å². The summed E-state index contributed by atoms with van der Waals surface area (Å²) >= 11 is 11.5. The van der Waals surface area contributed by atoms with Gasteiger partial charge in [-0.2, -0.15) is 8.78 Å². The van der Waals surface area contributed by atoms with E-state index in [1.54, 1.807) is 6.92 Å². The number of ketones is 1. The molecule has 0 aromatic heterocycles. The number of ether oxygens (including phenoxy) is 1. The highest BCUT2D eigenvalue weighted by molar-refractivity contribution is 6.44. The van der Waals surface area contributed by atoms with Crippen LogP contribution in [0.15, 0.2) is 12.1 Å². The Kier molecular flexibility index (Phi) is 4.50. The van der Waals surface area contributed by atoms with E-state index in [2.05, 4.69) is 4.74 Å². The minimum absolute atomic E-state index is 0.0108. The zero-order valence-electron chi connectivity index (χ0n) is 8.27. The van der Waals surface area contributed by atoms with Gasteiger partial charge in [-0.25, -0.2) is 0 Å². The Morgan fingerprint density at radius 3 is 2.56 bits per heavy atom. The molecule has 0 amide bonds. The highest BCUT2D eigenvalue weighted by atomic mass is 35.5. The average Bonchev–Trinajstić information content (AvgIpc) is 2.21. The van der Waals surface area contributed by atoms with E-state index < -0.39 is 6.61 Å². The van der Waals surface area contributed by atoms with Gasteiger partial charge in [-0.15, -0.1) is 0 Å². The van der Waals surface area contributed by atoms with Crippen LogP contribution in [0, 0.1) is 0 Å². The van der Waals surface area contributed by atoms with E-state index in [1.165, 1.54) is 0 Å². The number of alkyl halides is 2. The van der Waals surface area contributed by atoms with Crippen LogP contribution in [0.5, 0.6) is 5.75 Å². The second-order valence-electron chi connectivity index (χ2n) is 2.92. The van der Waals surface area contributed by atoms with Gasteiger partial charge >= 0.3 is 6.61 Å². The van der Waals surface area contributed by atoms with Gasteiger partial charge < -0.3 is 4.74 Å². The molecule has 0 N–H and O–H groups in total. The van der Waals surface area contributed by atoms with Crippen LogP contribution in [-0.2, 0) is 0 Å². The monoisotopic (exact) mass is 268 g/mol. The van der Waals surface area contributed by atoms with Crippen LogP contribution in [0.25, 0.3) is 0 Å². The van der Waals surface area contributed by atoms with Crippen molar-refractivity contribution < 1.29 is 18.3 Å². The van der Waals surface area contributed by atoms with E-state index in [9.17, 15) is 13.6 Å². The summed E-state index contributed by atoms with van der Waals surface area (Å²) in [4.78, 5) is 11.4. The number of hydrogen-bond acceptors (Lipinski definition) is 2. The first-order chi connectivity index (χ1) is 7.45. The fourth-order valence-corrected chi connectivity index (χ4v) is 1.55. The molecule has 0 aliphatic heterocycles. The second-order valence-corrected chi connectivity index (χ2v) is 3.71. The first-order valence-electron chi connectivity index (χ1n) is 4.42. The minimum Gasteiger partial charge on any atom is -0.435 e. The number of carbonyl (C=O) groups excluding carboxylic acids is 1. The predicted octanol–water partition coefficient (Wildman–Crippen LogP) is 4.19. The van der Waals surface area contributed by atoms with Crippen molar-refractivity contribution in [2.24, 2.45) is 0 Å². The van der Waals surface area contributed by atoms with Crippen LogP contribution in [0.4, 0.5) is 8.78 Å². The van der Waals surface area contributed by atoms with Crippen LogP contribution in [-0.4, -0.2) is 12.4 Å². The lowest BCUT2D eigenvalue weighted by Gasteiger charge is -2.09. The van der Waals surface area contributed by atoms with Gasteiger partial charge in [0.1, 0.15) is 5.75 Å². The summed E-state index contributed by atoms with van der Waals surface area (Å²) in [5, 5.41) is 0.0618. The maximum absolute atomic E-state index is 12.0. The molecule has 0 bridgehead atoms. The average molecular weight is 269 g/mol.